The minimum Gasteiger partial charge on any atom is -0.478 e. The van der Waals surface area contributed by atoms with Crippen molar-refractivity contribution < 1.29 is 9.90 Å². The number of aliphatic carboxylic acids is 1. The molecule has 0 unspecified atom stereocenters. The quantitative estimate of drug-likeness (QED) is 0.468. The SMILES string of the molecule is CCCCNC(C)=CC(=O)O. The molecule has 11 heavy (non-hydrogen) atoms. The van der Waals surface area contributed by atoms with Crippen LogP contribution in [0.15, 0.2) is 11.8 Å². The number of hydrogen-bond donors (Lipinski definition) is 2. The molecule has 0 aliphatic rings. The smallest absolute Gasteiger partial charge is 0.330 e. The summed E-state index contributed by atoms with van der Waals surface area (Å²) in [6, 6.07) is 0. The van der Waals surface area contributed by atoms with Gasteiger partial charge in [-0.3, -0.25) is 0 Å². The van der Waals surface area contributed by atoms with E-state index in [0.29, 0.717) is 5.70 Å². The second kappa shape index (κ2) is 5.77. The van der Waals surface area contributed by atoms with Gasteiger partial charge in [-0.25, -0.2) is 4.79 Å². The van der Waals surface area contributed by atoms with E-state index in [2.05, 4.69) is 12.2 Å². The molecule has 0 bridgehead atoms. The van der Waals surface area contributed by atoms with E-state index in [9.17, 15) is 4.79 Å². The van der Waals surface area contributed by atoms with Crippen LogP contribution in [-0.2, 0) is 4.79 Å². The highest BCUT2D eigenvalue weighted by molar-refractivity contribution is 5.80. The molecule has 0 amide bonds. The standard InChI is InChI=1S/C8H15NO2/c1-3-4-5-9-7(2)6-8(10)11/h6,9H,3-5H2,1-2H3,(H,10,11). The van der Waals surface area contributed by atoms with E-state index < -0.39 is 5.97 Å². The van der Waals surface area contributed by atoms with E-state index in [1.165, 1.54) is 6.08 Å². The first-order valence-electron chi connectivity index (χ1n) is 3.82. The zero-order chi connectivity index (χ0) is 8.69. The Labute approximate surface area is 67.1 Å². The highest BCUT2D eigenvalue weighted by Gasteiger charge is 1.91. The summed E-state index contributed by atoms with van der Waals surface area (Å²) < 4.78 is 0. The maximum absolute atomic E-state index is 10.1. The van der Waals surface area contributed by atoms with Crippen molar-refractivity contribution in [1.82, 2.24) is 5.32 Å². The van der Waals surface area contributed by atoms with Crippen molar-refractivity contribution in [3.63, 3.8) is 0 Å². The fraction of sp³-hybridized carbons (Fsp3) is 0.625. The van der Waals surface area contributed by atoms with Gasteiger partial charge in [0, 0.05) is 18.3 Å². The molecule has 0 spiro atoms. The third kappa shape index (κ3) is 6.90. The van der Waals surface area contributed by atoms with Crippen LogP contribution < -0.4 is 5.32 Å². The fourth-order valence-electron chi connectivity index (χ4n) is 0.699. The summed E-state index contributed by atoms with van der Waals surface area (Å²) in [6.45, 7) is 4.70. The Bertz CT molecular complexity index is 152. The highest BCUT2D eigenvalue weighted by atomic mass is 16.4. The number of carboxylic acid groups (broad SMARTS) is 1. The lowest BCUT2D eigenvalue weighted by molar-refractivity contribution is -0.131. The molecule has 0 fully saturated rings. The third-order valence-corrected chi connectivity index (χ3v) is 1.27. The first-order chi connectivity index (χ1) is 5.16. The van der Waals surface area contributed by atoms with Crippen molar-refractivity contribution in [3.05, 3.63) is 11.8 Å². The molecular weight excluding hydrogens is 142 g/mol. The molecule has 0 aliphatic heterocycles. The van der Waals surface area contributed by atoms with Gasteiger partial charge in [-0.2, -0.15) is 0 Å². The highest BCUT2D eigenvalue weighted by Crippen LogP contribution is 1.88. The molecule has 0 aromatic carbocycles. The normalized spacial score (nSPS) is 11.3. The van der Waals surface area contributed by atoms with Gasteiger partial charge in [0.2, 0.25) is 0 Å². The summed E-state index contributed by atoms with van der Waals surface area (Å²) in [4.78, 5) is 10.1. The van der Waals surface area contributed by atoms with Crippen molar-refractivity contribution in [2.24, 2.45) is 0 Å². The van der Waals surface area contributed by atoms with E-state index in [-0.39, 0.29) is 0 Å². The monoisotopic (exact) mass is 157 g/mol. The summed E-state index contributed by atoms with van der Waals surface area (Å²) in [6.07, 6.45) is 3.37. The van der Waals surface area contributed by atoms with Gasteiger partial charge < -0.3 is 10.4 Å². The Morgan fingerprint density at radius 2 is 2.27 bits per heavy atom. The number of carbonyl (C=O) groups is 1. The average molecular weight is 157 g/mol. The molecule has 64 valence electrons. The molecule has 3 nitrogen and oxygen atoms in total. The largest absolute Gasteiger partial charge is 0.478 e. The molecule has 0 aromatic rings. The molecule has 0 aliphatic carbocycles. The van der Waals surface area contributed by atoms with Crippen molar-refractivity contribution in [2.75, 3.05) is 6.54 Å². The van der Waals surface area contributed by atoms with Crippen LogP contribution in [-0.4, -0.2) is 17.6 Å². The van der Waals surface area contributed by atoms with Crippen LogP contribution >= 0.6 is 0 Å². The third-order valence-electron chi connectivity index (χ3n) is 1.27. The maximum atomic E-state index is 10.1. The Morgan fingerprint density at radius 1 is 1.64 bits per heavy atom. The van der Waals surface area contributed by atoms with Gasteiger partial charge in [-0.05, 0) is 13.3 Å². The van der Waals surface area contributed by atoms with Crippen LogP contribution in [0.2, 0.25) is 0 Å². The Hall–Kier alpha value is -0.990. The minimum absolute atomic E-state index is 0.714. The van der Waals surface area contributed by atoms with Crippen molar-refractivity contribution in [1.29, 1.82) is 0 Å². The lowest BCUT2D eigenvalue weighted by Gasteiger charge is -2.02. The molecule has 0 rings (SSSR count). The van der Waals surface area contributed by atoms with Gasteiger partial charge >= 0.3 is 5.97 Å². The van der Waals surface area contributed by atoms with Crippen LogP contribution in [0.4, 0.5) is 0 Å². The van der Waals surface area contributed by atoms with Crippen LogP contribution in [0, 0.1) is 0 Å². The van der Waals surface area contributed by atoms with Crippen molar-refractivity contribution in [3.8, 4) is 0 Å². The molecule has 0 saturated heterocycles. The Kier molecular flexibility index (Phi) is 5.25. The molecule has 0 saturated carbocycles. The predicted molar refractivity (Wildman–Crippen MR) is 44.3 cm³/mol. The van der Waals surface area contributed by atoms with Crippen molar-refractivity contribution >= 4 is 5.97 Å². The van der Waals surface area contributed by atoms with Gasteiger partial charge in [-0.15, -0.1) is 0 Å². The average Bonchev–Trinajstić information content (AvgIpc) is 1.86. The van der Waals surface area contributed by atoms with Gasteiger partial charge in [0.1, 0.15) is 0 Å². The number of carboxylic acids is 1. The molecule has 3 heteroatoms. The van der Waals surface area contributed by atoms with Gasteiger partial charge in [-0.1, -0.05) is 13.3 Å². The Morgan fingerprint density at radius 3 is 2.73 bits per heavy atom. The van der Waals surface area contributed by atoms with E-state index in [1.54, 1.807) is 6.92 Å². The fourth-order valence-corrected chi connectivity index (χ4v) is 0.699. The summed E-state index contributed by atoms with van der Waals surface area (Å²) in [7, 11) is 0. The minimum atomic E-state index is -0.897. The molecule has 0 atom stereocenters. The van der Waals surface area contributed by atoms with E-state index >= 15 is 0 Å². The molecule has 0 heterocycles. The topological polar surface area (TPSA) is 49.3 Å². The zero-order valence-corrected chi connectivity index (χ0v) is 7.05. The zero-order valence-electron chi connectivity index (χ0n) is 7.05. The number of nitrogens with one attached hydrogen (secondary N) is 1. The van der Waals surface area contributed by atoms with Crippen LogP contribution in [0.1, 0.15) is 26.7 Å². The lowest BCUT2D eigenvalue weighted by Crippen LogP contribution is -2.13. The first-order valence-corrected chi connectivity index (χ1v) is 3.82. The van der Waals surface area contributed by atoms with Gasteiger partial charge in [0.05, 0.1) is 0 Å². The van der Waals surface area contributed by atoms with Gasteiger partial charge in [0.25, 0.3) is 0 Å². The molecule has 0 radical (unpaired) electrons. The van der Waals surface area contributed by atoms with Crippen LogP contribution in [0.25, 0.3) is 0 Å². The van der Waals surface area contributed by atoms with Crippen LogP contribution in [0.3, 0.4) is 0 Å². The molecular formula is C8H15NO2. The van der Waals surface area contributed by atoms with E-state index in [1.807, 2.05) is 0 Å². The maximum Gasteiger partial charge on any atom is 0.330 e. The van der Waals surface area contributed by atoms with Crippen LogP contribution in [0.5, 0.6) is 0 Å². The number of allylic oxidation sites excluding steroid dienone is 1. The summed E-state index contributed by atoms with van der Waals surface area (Å²) in [5.74, 6) is -0.897. The van der Waals surface area contributed by atoms with E-state index in [0.717, 1.165) is 19.4 Å². The Balaban J connectivity index is 3.51. The van der Waals surface area contributed by atoms with E-state index in [4.69, 9.17) is 5.11 Å². The first kappa shape index (κ1) is 10.0. The number of hydrogen-bond acceptors (Lipinski definition) is 2. The lowest BCUT2D eigenvalue weighted by atomic mass is 10.3. The van der Waals surface area contributed by atoms with Crippen molar-refractivity contribution in [2.45, 2.75) is 26.7 Å². The number of unbranched alkanes of at least 4 members (excludes halogenated alkanes) is 1. The molecule has 0 aromatic heterocycles. The summed E-state index contributed by atoms with van der Waals surface area (Å²) in [5.41, 5.74) is 0.714. The second-order valence-corrected chi connectivity index (χ2v) is 2.45. The van der Waals surface area contributed by atoms with Gasteiger partial charge in [0.15, 0.2) is 0 Å². The summed E-state index contributed by atoms with van der Waals surface area (Å²) >= 11 is 0. The predicted octanol–water partition coefficient (Wildman–Crippen LogP) is 1.36. The number of rotatable bonds is 5. The summed E-state index contributed by atoms with van der Waals surface area (Å²) in [5, 5.41) is 11.3. The molecule has 2 N–H and O–H groups in total. The second-order valence-electron chi connectivity index (χ2n) is 2.45.